The zero-order valence-corrected chi connectivity index (χ0v) is 6.21. The Labute approximate surface area is 64.4 Å². The van der Waals surface area contributed by atoms with Crippen molar-refractivity contribution in [2.75, 3.05) is 0 Å². The van der Waals surface area contributed by atoms with E-state index in [0.717, 1.165) is 5.56 Å². The number of benzene rings is 1. The van der Waals surface area contributed by atoms with E-state index in [2.05, 4.69) is 6.92 Å². The van der Waals surface area contributed by atoms with Crippen LogP contribution in [0.25, 0.3) is 0 Å². The summed E-state index contributed by atoms with van der Waals surface area (Å²) in [5.41, 5.74) is 0.768. The Morgan fingerprint density at radius 3 is 2.33 bits per heavy atom. The minimum atomic E-state index is 0.652. The standard InChI is InChI=1S/C7H5Cl2/c1-5-4-6(8)2-3-7(5)9/h2-4H,1H2. The molecule has 0 bridgehead atoms. The van der Waals surface area contributed by atoms with Crippen molar-refractivity contribution in [3.63, 3.8) is 0 Å². The molecule has 1 aromatic rings. The molecule has 0 aliphatic carbocycles. The second-order valence-electron chi connectivity index (χ2n) is 1.74. The summed E-state index contributed by atoms with van der Waals surface area (Å²) in [6.45, 7) is 3.66. The Balaban J connectivity index is 3.17. The number of rotatable bonds is 0. The lowest BCUT2D eigenvalue weighted by Crippen LogP contribution is -1.72. The van der Waals surface area contributed by atoms with Crippen LogP contribution >= 0.6 is 23.2 Å². The van der Waals surface area contributed by atoms with Crippen LogP contribution in [0.4, 0.5) is 0 Å². The van der Waals surface area contributed by atoms with Gasteiger partial charge in [0, 0.05) is 10.0 Å². The fraction of sp³-hybridized carbons (Fsp3) is 0. The van der Waals surface area contributed by atoms with Crippen LogP contribution in [0.3, 0.4) is 0 Å². The molecule has 2 heteroatoms. The predicted octanol–water partition coefficient (Wildman–Crippen LogP) is 3.18. The van der Waals surface area contributed by atoms with Crippen LogP contribution in [-0.4, -0.2) is 0 Å². The van der Waals surface area contributed by atoms with Gasteiger partial charge in [0.15, 0.2) is 0 Å². The topological polar surface area (TPSA) is 0 Å². The third-order valence-electron chi connectivity index (χ3n) is 1.01. The minimum Gasteiger partial charge on any atom is -0.0843 e. The van der Waals surface area contributed by atoms with Gasteiger partial charge in [0.25, 0.3) is 0 Å². The van der Waals surface area contributed by atoms with Gasteiger partial charge in [-0.3, -0.25) is 0 Å². The van der Waals surface area contributed by atoms with Crippen LogP contribution in [0.15, 0.2) is 18.2 Å². The van der Waals surface area contributed by atoms with Crippen LogP contribution in [0.5, 0.6) is 0 Å². The molecule has 0 fully saturated rings. The molecule has 0 saturated carbocycles. The largest absolute Gasteiger partial charge is 0.0843 e. The lowest BCUT2D eigenvalue weighted by atomic mass is 10.2. The van der Waals surface area contributed by atoms with E-state index in [-0.39, 0.29) is 0 Å². The summed E-state index contributed by atoms with van der Waals surface area (Å²) in [5.74, 6) is 0. The second-order valence-corrected chi connectivity index (χ2v) is 2.58. The Hall–Kier alpha value is -0.200. The van der Waals surface area contributed by atoms with Gasteiger partial charge < -0.3 is 0 Å². The predicted molar refractivity (Wildman–Crippen MR) is 40.9 cm³/mol. The van der Waals surface area contributed by atoms with Gasteiger partial charge >= 0.3 is 0 Å². The highest BCUT2D eigenvalue weighted by molar-refractivity contribution is 6.33. The SMILES string of the molecule is [CH2]c1cc(Cl)ccc1Cl. The van der Waals surface area contributed by atoms with Crippen LogP contribution in [0.2, 0.25) is 10.0 Å². The van der Waals surface area contributed by atoms with Crippen molar-refractivity contribution in [3.05, 3.63) is 40.7 Å². The van der Waals surface area contributed by atoms with Crippen molar-refractivity contribution >= 4 is 23.2 Å². The van der Waals surface area contributed by atoms with E-state index < -0.39 is 0 Å². The molecule has 0 aliphatic heterocycles. The van der Waals surface area contributed by atoms with Crippen molar-refractivity contribution < 1.29 is 0 Å². The lowest BCUT2D eigenvalue weighted by molar-refractivity contribution is 1.61. The maximum absolute atomic E-state index is 5.66. The van der Waals surface area contributed by atoms with E-state index in [0.29, 0.717) is 10.0 Å². The molecule has 0 spiro atoms. The second kappa shape index (κ2) is 2.59. The first-order valence-corrected chi connectivity index (χ1v) is 3.23. The van der Waals surface area contributed by atoms with Crippen molar-refractivity contribution in [3.8, 4) is 0 Å². The third kappa shape index (κ3) is 1.60. The molecule has 9 heavy (non-hydrogen) atoms. The molecule has 0 amide bonds. The van der Waals surface area contributed by atoms with E-state index in [1.807, 2.05) is 0 Å². The van der Waals surface area contributed by atoms with Crippen molar-refractivity contribution in [2.45, 2.75) is 0 Å². The lowest BCUT2D eigenvalue weighted by Gasteiger charge is -1.94. The van der Waals surface area contributed by atoms with Crippen LogP contribution in [-0.2, 0) is 0 Å². The molecule has 0 nitrogen and oxygen atoms in total. The van der Waals surface area contributed by atoms with E-state index in [9.17, 15) is 0 Å². The van der Waals surface area contributed by atoms with Crippen LogP contribution < -0.4 is 0 Å². The first-order chi connectivity index (χ1) is 4.20. The van der Waals surface area contributed by atoms with Gasteiger partial charge in [-0.2, -0.15) is 0 Å². The van der Waals surface area contributed by atoms with E-state index >= 15 is 0 Å². The molecular formula is C7H5Cl2. The summed E-state index contributed by atoms with van der Waals surface area (Å²) < 4.78 is 0. The number of hydrogen-bond acceptors (Lipinski definition) is 0. The van der Waals surface area contributed by atoms with Gasteiger partial charge in [-0.05, 0) is 30.7 Å². The Kier molecular flexibility index (Phi) is 1.99. The Morgan fingerprint density at radius 2 is 1.89 bits per heavy atom. The normalized spacial score (nSPS) is 9.67. The molecule has 0 unspecified atom stereocenters. The summed E-state index contributed by atoms with van der Waals surface area (Å²) in [5, 5.41) is 1.32. The van der Waals surface area contributed by atoms with E-state index in [1.54, 1.807) is 18.2 Å². The maximum atomic E-state index is 5.66. The highest BCUT2D eigenvalue weighted by Crippen LogP contribution is 2.18. The maximum Gasteiger partial charge on any atom is 0.0439 e. The molecule has 0 aromatic heterocycles. The molecule has 0 atom stereocenters. The molecule has 47 valence electrons. The van der Waals surface area contributed by atoms with Crippen LogP contribution in [0.1, 0.15) is 5.56 Å². The quantitative estimate of drug-likeness (QED) is 0.546. The average Bonchev–Trinajstić information content (AvgIpc) is 1.80. The molecule has 0 aliphatic rings. The zero-order valence-electron chi connectivity index (χ0n) is 4.70. The summed E-state index contributed by atoms with van der Waals surface area (Å²) in [4.78, 5) is 0. The van der Waals surface area contributed by atoms with E-state index in [1.165, 1.54) is 0 Å². The monoisotopic (exact) mass is 159 g/mol. The van der Waals surface area contributed by atoms with E-state index in [4.69, 9.17) is 23.2 Å². The summed E-state index contributed by atoms with van der Waals surface area (Å²) in [6, 6.07) is 5.19. The highest BCUT2D eigenvalue weighted by atomic mass is 35.5. The fourth-order valence-electron chi connectivity index (χ4n) is 0.543. The van der Waals surface area contributed by atoms with Gasteiger partial charge in [-0.1, -0.05) is 23.2 Å². The third-order valence-corrected chi connectivity index (χ3v) is 1.61. The fourth-order valence-corrected chi connectivity index (χ4v) is 0.856. The van der Waals surface area contributed by atoms with Crippen molar-refractivity contribution in [2.24, 2.45) is 0 Å². The smallest absolute Gasteiger partial charge is 0.0439 e. The number of halogens is 2. The van der Waals surface area contributed by atoms with Crippen molar-refractivity contribution in [1.82, 2.24) is 0 Å². The first kappa shape index (κ1) is 6.91. The van der Waals surface area contributed by atoms with Crippen molar-refractivity contribution in [1.29, 1.82) is 0 Å². The molecule has 0 saturated heterocycles. The zero-order chi connectivity index (χ0) is 6.85. The summed E-state index contributed by atoms with van der Waals surface area (Å²) in [6.07, 6.45) is 0. The summed E-state index contributed by atoms with van der Waals surface area (Å²) in [7, 11) is 0. The first-order valence-electron chi connectivity index (χ1n) is 2.47. The van der Waals surface area contributed by atoms with Gasteiger partial charge in [-0.25, -0.2) is 0 Å². The highest BCUT2D eigenvalue weighted by Gasteiger charge is 1.92. The van der Waals surface area contributed by atoms with Crippen LogP contribution in [0, 0.1) is 6.92 Å². The molecule has 1 aromatic carbocycles. The molecule has 0 heterocycles. The van der Waals surface area contributed by atoms with Gasteiger partial charge in [0.1, 0.15) is 0 Å². The van der Waals surface area contributed by atoms with Gasteiger partial charge in [0.2, 0.25) is 0 Å². The molecular weight excluding hydrogens is 155 g/mol. The summed E-state index contributed by atoms with van der Waals surface area (Å²) >= 11 is 11.3. The molecule has 0 N–H and O–H groups in total. The molecule has 1 radical (unpaired) electrons. The Bertz CT molecular complexity index is 218. The van der Waals surface area contributed by atoms with Gasteiger partial charge in [-0.15, -0.1) is 0 Å². The average molecular weight is 160 g/mol. The number of hydrogen-bond donors (Lipinski definition) is 0. The Morgan fingerprint density at radius 1 is 1.22 bits per heavy atom. The molecule has 1 rings (SSSR count). The minimum absolute atomic E-state index is 0.652. The van der Waals surface area contributed by atoms with Gasteiger partial charge in [0.05, 0.1) is 0 Å².